The summed E-state index contributed by atoms with van der Waals surface area (Å²) in [5.74, 6) is 0.641. The zero-order chi connectivity index (χ0) is 12.0. The summed E-state index contributed by atoms with van der Waals surface area (Å²) >= 11 is 0. The monoisotopic (exact) mass is 234 g/mol. The van der Waals surface area contributed by atoms with Gasteiger partial charge in [0.25, 0.3) is 5.91 Å². The fourth-order valence-corrected chi connectivity index (χ4v) is 2.73. The number of fused-ring (bicyclic) bond motifs is 1. The molecule has 2 aliphatic rings. The SMILES string of the molecule is Cc1cc(F)cc(C(=O)NC2C3CNCC32)c1. The number of amides is 1. The number of hydrogen-bond donors (Lipinski definition) is 2. The van der Waals surface area contributed by atoms with Crippen LogP contribution in [0.1, 0.15) is 15.9 Å². The van der Waals surface area contributed by atoms with E-state index < -0.39 is 0 Å². The average molecular weight is 234 g/mol. The van der Waals surface area contributed by atoms with Gasteiger partial charge >= 0.3 is 0 Å². The summed E-state index contributed by atoms with van der Waals surface area (Å²) in [5.41, 5.74) is 1.19. The summed E-state index contributed by atoms with van der Waals surface area (Å²) in [6.07, 6.45) is 0. The maximum absolute atomic E-state index is 13.2. The molecule has 1 saturated carbocycles. The number of halogens is 1. The van der Waals surface area contributed by atoms with Gasteiger partial charge in [-0.3, -0.25) is 4.79 Å². The zero-order valence-corrected chi connectivity index (χ0v) is 9.66. The summed E-state index contributed by atoms with van der Waals surface area (Å²) in [6, 6.07) is 4.72. The molecule has 2 atom stereocenters. The molecule has 1 aliphatic carbocycles. The molecule has 90 valence electrons. The maximum Gasteiger partial charge on any atom is 0.251 e. The summed E-state index contributed by atoms with van der Waals surface area (Å²) < 4.78 is 13.2. The number of benzene rings is 1. The van der Waals surface area contributed by atoms with Crippen molar-refractivity contribution in [1.82, 2.24) is 10.6 Å². The van der Waals surface area contributed by atoms with Crippen LogP contribution in [0.5, 0.6) is 0 Å². The Morgan fingerprint density at radius 3 is 2.71 bits per heavy atom. The first-order valence-corrected chi connectivity index (χ1v) is 5.94. The van der Waals surface area contributed by atoms with E-state index in [-0.39, 0.29) is 17.8 Å². The van der Waals surface area contributed by atoms with E-state index in [1.807, 2.05) is 0 Å². The Bertz CT molecular complexity index is 444. The van der Waals surface area contributed by atoms with E-state index in [1.54, 1.807) is 13.0 Å². The summed E-state index contributed by atoms with van der Waals surface area (Å²) in [4.78, 5) is 11.9. The van der Waals surface area contributed by atoms with E-state index >= 15 is 0 Å². The van der Waals surface area contributed by atoms with E-state index in [9.17, 15) is 9.18 Å². The lowest BCUT2D eigenvalue weighted by Crippen LogP contribution is -2.32. The quantitative estimate of drug-likeness (QED) is 0.804. The molecule has 2 N–H and O–H groups in total. The first kappa shape index (κ1) is 10.7. The van der Waals surface area contributed by atoms with Crippen LogP contribution in [0.3, 0.4) is 0 Å². The van der Waals surface area contributed by atoms with Crippen molar-refractivity contribution in [3.05, 3.63) is 35.1 Å². The van der Waals surface area contributed by atoms with Crippen molar-refractivity contribution in [3.8, 4) is 0 Å². The minimum atomic E-state index is -0.354. The fraction of sp³-hybridized carbons (Fsp3) is 0.462. The number of aryl methyl sites for hydroxylation is 1. The van der Waals surface area contributed by atoms with Crippen LogP contribution in [0.15, 0.2) is 18.2 Å². The third-order valence-corrected chi connectivity index (χ3v) is 3.69. The maximum atomic E-state index is 13.2. The molecular formula is C13H15FN2O. The normalized spacial score (nSPS) is 29.9. The molecule has 4 heteroatoms. The molecule has 1 heterocycles. The lowest BCUT2D eigenvalue weighted by molar-refractivity contribution is 0.0946. The van der Waals surface area contributed by atoms with Gasteiger partial charge in [0, 0.05) is 24.7 Å². The predicted molar refractivity (Wildman–Crippen MR) is 62.2 cm³/mol. The van der Waals surface area contributed by atoms with Gasteiger partial charge < -0.3 is 10.6 Å². The molecule has 0 spiro atoms. The molecule has 17 heavy (non-hydrogen) atoms. The van der Waals surface area contributed by atoms with Crippen LogP contribution in [0.2, 0.25) is 0 Å². The van der Waals surface area contributed by atoms with E-state index in [0.717, 1.165) is 18.7 Å². The van der Waals surface area contributed by atoms with E-state index in [4.69, 9.17) is 0 Å². The molecule has 0 radical (unpaired) electrons. The molecule has 1 aromatic rings. The molecule has 1 amide bonds. The van der Waals surface area contributed by atoms with Crippen molar-refractivity contribution in [3.63, 3.8) is 0 Å². The Morgan fingerprint density at radius 2 is 2.06 bits per heavy atom. The van der Waals surface area contributed by atoms with Crippen molar-refractivity contribution in [2.45, 2.75) is 13.0 Å². The molecular weight excluding hydrogens is 219 g/mol. The number of carbonyl (C=O) groups is 1. The van der Waals surface area contributed by atoms with Crippen LogP contribution in [0, 0.1) is 24.6 Å². The largest absolute Gasteiger partial charge is 0.349 e. The Hall–Kier alpha value is -1.42. The standard InChI is InChI=1S/C13H15FN2O/c1-7-2-8(4-9(14)3-7)13(17)16-12-10-5-15-6-11(10)12/h2-4,10-12,15H,5-6H2,1H3,(H,16,17). The second-order valence-electron chi connectivity index (χ2n) is 5.00. The lowest BCUT2D eigenvalue weighted by atomic mass is 10.1. The van der Waals surface area contributed by atoms with Crippen LogP contribution >= 0.6 is 0 Å². The van der Waals surface area contributed by atoms with Crippen molar-refractivity contribution in [1.29, 1.82) is 0 Å². The minimum Gasteiger partial charge on any atom is -0.349 e. The van der Waals surface area contributed by atoms with Crippen LogP contribution in [0.25, 0.3) is 0 Å². The van der Waals surface area contributed by atoms with E-state index in [1.165, 1.54) is 12.1 Å². The highest BCUT2D eigenvalue weighted by atomic mass is 19.1. The lowest BCUT2D eigenvalue weighted by Gasteiger charge is -2.08. The zero-order valence-electron chi connectivity index (χ0n) is 9.66. The Kier molecular flexibility index (Phi) is 2.40. The van der Waals surface area contributed by atoms with Gasteiger partial charge in [0.2, 0.25) is 0 Å². The smallest absolute Gasteiger partial charge is 0.251 e. The highest BCUT2D eigenvalue weighted by Gasteiger charge is 2.53. The number of rotatable bonds is 2. The number of carbonyl (C=O) groups excluding carboxylic acids is 1. The van der Waals surface area contributed by atoms with Gasteiger partial charge in [-0.1, -0.05) is 0 Å². The van der Waals surface area contributed by atoms with E-state index in [2.05, 4.69) is 10.6 Å². The molecule has 1 aromatic carbocycles. The molecule has 0 bridgehead atoms. The van der Waals surface area contributed by atoms with Gasteiger partial charge in [0.1, 0.15) is 5.82 Å². The highest BCUT2D eigenvalue weighted by molar-refractivity contribution is 5.94. The average Bonchev–Trinajstić information content (AvgIpc) is 2.73. The third-order valence-electron chi connectivity index (χ3n) is 3.69. The van der Waals surface area contributed by atoms with Gasteiger partial charge in [-0.2, -0.15) is 0 Å². The van der Waals surface area contributed by atoms with Gasteiger partial charge in [-0.15, -0.1) is 0 Å². The third kappa shape index (κ3) is 1.93. The molecule has 2 unspecified atom stereocenters. The Morgan fingerprint density at radius 1 is 1.35 bits per heavy atom. The molecule has 3 rings (SSSR count). The van der Waals surface area contributed by atoms with Crippen LogP contribution < -0.4 is 10.6 Å². The van der Waals surface area contributed by atoms with Crippen molar-refractivity contribution >= 4 is 5.91 Å². The number of piperidine rings is 1. The predicted octanol–water partition coefficient (Wildman–Crippen LogP) is 1.08. The second kappa shape index (κ2) is 3.81. The van der Waals surface area contributed by atoms with Crippen LogP contribution in [0.4, 0.5) is 4.39 Å². The van der Waals surface area contributed by atoms with Gasteiger partial charge in [0.05, 0.1) is 0 Å². The van der Waals surface area contributed by atoms with Crippen LogP contribution in [-0.4, -0.2) is 25.0 Å². The Labute approximate surface area is 99.4 Å². The highest BCUT2D eigenvalue weighted by Crippen LogP contribution is 2.41. The molecule has 1 aliphatic heterocycles. The minimum absolute atomic E-state index is 0.160. The Balaban J connectivity index is 1.69. The van der Waals surface area contributed by atoms with Crippen molar-refractivity contribution in [2.75, 3.05) is 13.1 Å². The summed E-state index contributed by atoms with van der Waals surface area (Å²) in [5, 5.41) is 6.25. The second-order valence-corrected chi connectivity index (χ2v) is 5.00. The van der Waals surface area contributed by atoms with E-state index in [0.29, 0.717) is 17.4 Å². The van der Waals surface area contributed by atoms with Crippen molar-refractivity contribution in [2.24, 2.45) is 11.8 Å². The van der Waals surface area contributed by atoms with Crippen molar-refractivity contribution < 1.29 is 9.18 Å². The molecule has 3 nitrogen and oxygen atoms in total. The summed E-state index contributed by atoms with van der Waals surface area (Å²) in [7, 11) is 0. The topological polar surface area (TPSA) is 41.1 Å². The molecule has 0 aromatic heterocycles. The summed E-state index contributed by atoms with van der Waals surface area (Å²) in [6.45, 7) is 3.76. The fourth-order valence-electron chi connectivity index (χ4n) is 2.73. The molecule has 1 saturated heterocycles. The van der Waals surface area contributed by atoms with Gasteiger partial charge in [-0.25, -0.2) is 4.39 Å². The first-order chi connectivity index (χ1) is 8.15. The van der Waals surface area contributed by atoms with Gasteiger partial charge in [-0.05, 0) is 42.5 Å². The molecule has 2 fully saturated rings. The van der Waals surface area contributed by atoms with Gasteiger partial charge in [0.15, 0.2) is 0 Å². The number of nitrogens with one attached hydrogen (secondary N) is 2. The van der Waals surface area contributed by atoms with Crippen LogP contribution in [-0.2, 0) is 0 Å². The first-order valence-electron chi connectivity index (χ1n) is 5.94. The number of hydrogen-bond acceptors (Lipinski definition) is 2.